The molecule has 0 fully saturated rings. The van der Waals surface area contributed by atoms with Crippen molar-refractivity contribution in [1.82, 2.24) is 14.5 Å². The Labute approximate surface area is 179 Å². The van der Waals surface area contributed by atoms with Crippen LogP contribution < -0.4 is 11.1 Å². The second-order valence-corrected chi connectivity index (χ2v) is 7.61. The molecule has 0 bridgehead atoms. The molecule has 150 valence electrons. The molecule has 1 aliphatic heterocycles. The van der Waals surface area contributed by atoms with Crippen LogP contribution in [-0.2, 0) is 0 Å². The van der Waals surface area contributed by atoms with Crippen LogP contribution in [0, 0.1) is 0 Å². The number of nitrogens with one attached hydrogen (secondary N) is 1. The number of aromatic nitrogens is 2. The van der Waals surface area contributed by atoms with Crippen molar-refractivity contribution in [3.63, 3.8) is 0 Å². The van der Waals surface area contributed by atoms with E-state index in [9.17, 15) is 0 Å². The highest BCUT2D eigenvalue weighted by molar-refractivity contribution is 6.21. The van der Waals surface area contributed by atoms with Crippen molar-refractivity contribution in [2.75, 3.05) is 0 Å². The number of nitrogens with zero attached hydrogens (tertiary/aromatic N) is 3. The summed E-state index contributed by atoms with van der Waals surface area (Å²) in [6, 6.07) is 25.3. The second-order valence-electron chi connectivity index (χ2n) is 7.61. The molecule has 1 aliphatic rings. The lowest BCUT2D eigenvalue weighted by Crippen LogP contribution is -2.29. The Morgan fingerprint density at radius 3 is 2.48 bits per heavy atom. The molecule has 1 atom stereocenters. The van der Waals surface area contributed by atoms with Crippen LogP contribution in [0.3, 0.4) is 0 Å². The van der Waals surface area contributed by atoms with Gasteiger partial charge in [0.25, 0.3) is 0 Å². The summed E-state index contributed by atoms with van der Waals surface area (Å²) in [4.78, 5) is 4.75. The molecule has 2 aromatic heterocycles. The van der Waals surface area contributed by atoms with Gasteiger partial charge in [0, 0.05) is 28.0 Å². The van der Waals surface area contributed by atoms with E-state index in [2.05, 4.69) is 81.3 Å². The SMILES string of the molecule is N/C(=N\C1C=CC=CN1)n1c2ccccc2c2ccc3c(ccn3-c3ccccc3)c21. The fourth-order valence-corrected chi connectivity index (χ4v) is 4.44. The molecular formula is C26H21N5. The first kappa shape index (κ1) is 17.6. The Morgan fingerprint density at radius 2 is 1.65 bits per heavy atom. The highest BCUT2D eigenvalue weighted by Gasteiger charge is 2.18. The third-order valence-corrected chi connectivity index (χ3v) is 5.81. The predicted molar refractivity (Wildman–Crippen MR) is 129 cm³/mol. The van der Waals surface area contributed by atoms with Crippen molar-refractivity contribution in [3.8, 4) is 5.69 Å². The molecule has 6 rings (SSSR count). The Kier molecular flexibility index (Phi) is 3.93. The molecule has 3 heterocycles. The molecular weight excluding hydrogens is 382 g/mol. The summed E-state index contributed by atoms with van der Waals surface area (Å²) in [5.74, 6) is 0.462. The van der Waals surface area contributed by atoms with Gasteiger partial charge in [-0.15, -0.1) is 0 Å². The maximum atomic E-state index is 6.62. The Bertz CT molecular complexity index is 1520. The molecule has 3 N–H and O–H groups in total. The van der Waals surface area contributed by atoms with E-state index < -0.39 is 0 Å². The Balaban J connectivity index is 1.66. The van der Waals surface area contributed by atoms with E-state index in [4.69, 9.17) is 10.7 Å². The maximum absolute atomic E-state index is 6.62. The third-order valence-electron chi connectivity index (χ3n) is 5.81. The molecule has 5 aromatic rings. The summed E-state index contributed by atoms with van der Waals surface area (Å²) < 4.78 is 4.29. The van der Waals surface area contributed by atoms with E-state index in [0.29, 0.717) is 5.96 Å². The molecule has 0 spiro atoms. The normalized spacial score (nSPS) is 16.4. The zero-order valence-corrected chi connectivity index (χ0v) is 16.8. The van der Waals surface area contributed by atoms with Crippen LogP contribution in [0.4, 0.5) is 0 Å². The van der Waals surface area contributed by atoms with Crippen molar-refractivity contribution in [3.05, 3.63) is 103 Å². The standard InChI is InChI=1S/C26H21N5/c27-26(29-24-12-6-7-16-28-24)31-23-11-5-4-10-19(23)20-13-14-22-21(25(20)31)15-17-30(22)18-8-2-1-3-9-18/h1-17,24,28H,(H2,27,29). The van der Waals surface area contributed by atoms with Gasteiger partial charge in [-0.25, -0.2) is 4.99 Å². The zero-order valence-electron chi connectivity index (χ0n) is 16.8. The number of fused-ring (bicyclic) bond motifs is 5. The zero-order chi connectivity index (χ0) is 20.8. The molecule has 5 nitrogen and oxygen atoms in total. The molecule has 0 saturated carbocycles. The number of allylic oxidation sites excluding steroid dienone is 2. The minimum Gasteiger partial charge on any atom is -0.369 e. The van der Waals surface area contributed by atoms with Crippen LogP contribution in [0.1, 0.15) is 0 Å². The van der Waals surface area contributed by atoms with Gasteiger partial charge in [0.1, 0.15) is 6.17 Å². The van der Waals surface area contributed by atoms with Gasteiger partial charge in [-0.05, 0) is 48.7 Å². The first-order valence-electron chi connectivity index (χ1n) is 10.3. The van der Waals surface area contributed by atoms with E-state index in [1.165, 1.54) is 5.39 Å². The lowest BCUT2D eigenvalue weighted by Gasteiger charge is -2.14. The van der Waals surface area contributed by atoms with Crippen molar-refractivity contribution in [2.45, 2.75) is 6.17 Å². The van der Waals surface area contributed by atoms with E-state index >= 15 is 0 Å². The number of rotatable bonds is 2. The monoisotopic (exact) mass is 403 g/mol. The minimum absolute atomic E-state index is 0.186. The van der Waals surface area contributed by atoms with Crippen LogP contribution >= 0.6 is 0 Å². The minimum atomic E-state index is -0.186. The summed E-state index contributed by atoms with van der Waals surface area (Å²) in [6.45, 7) is 0. The number of hydrogen-bond acceptors (Lipinski definition) is 2. The van der Waals surface area contributed by atoms with Gasteiger partial charge < -0.3 is 15.6 Å². The fraction of sp³-hybridized carbons (Fsp3) is 0.0385. The van der Waals surface area contributed by atoms with Crippen LogP contribution in [0.15, 0.2) is 108 Å². The van der Waals surface area contributed by atoms with Crippen LogP contribution in [0.2, 0.25) is 0 Å². The van der Waals surface area contributed by atoms with E-state index in [1.54, 1.807) is 0 Å². The second kappa shape index (κ2) is 6.92. The number of dihydropyridines is 1. The molecule has 5 heteroatoms. The lowest BCUT2D eigenvalue weighted by atomic mass is 10.1. The molecule has 3 aromatic carbocycles. The van der Waals surface area contributed by atoms with Gasteiger partial charge in [-0.3, -0.25) is 4.57 Å². The highest BCUT2D eigenvalue weighted by Crippen LogP contribution is 2.35. The van der Waals surface area contributed by atoms with Gasteiger partial charge in [-0.1, -0.05) is 48.5 Å². The average Bonchev–Trinajstić information content (AvgIpc) is 3.39. The van der Waals surface area contributed by atoms with Crippen molar-refractivity contribution < 1.29 is 0 Å². The number of para-hydroxylation sites is 2. The van der Waals surface area contributed by atoms with Gasteiger partial charge in [0.2, 0.25) is 5.96 Å². The van der Waals surface area contributed by atoms with E-state index in [0.717, 1.165) is 33.0 Å². The smallest absolute Gasteiger partial charge is 0.203 e. The molecule has 0 amide bonds. The Hall–Kier alpha value is -4.25. The van der Waals surface area contributed by atoms with Crippen molar-refractivity contribution >= 4 is 38.7 Å². The lowest BCUT2D eigenvalue weighted by molar-refractivity contribution is 0.724. The van der Waals surface area contributed by atoms with Crippen molar-refractivity contribution in [1.29, 1.82) is 0 Å². The number of nitrogens with two attached hydrogens (primary N) is 1. The van der Waals surface area contributed by atoms with E-state index in [1.807, 2.05) is 36.6 Å². The van der Waals surface area contributed by atoms with Gasteiger partial charge in [-0.2, -0.15) is 0 Å². The number of aliphatic imine (C=N–C) groups is 1. The number of hydrogen-bond donors (Lipinski definition) is 2. The Morgan fingerprint density at radius 1 is 0.806 bits per heavy atom. The largest absolute Gasteiger partial charge is 0.369 e. The van der Waals surface area contributed by atoms with E-state index in [-0.39, 0.29) is 6.17 Å². The topological polar surface area (TPSA) is 60.3 Å². The summed E-state index contributed by atoms with van der Waals surface area (Å²) in [6.07, 6.45) is 9.72. The number of benzene rings is 3. The average molecular weight is 403 g/mol. The van der Waals surface area contributed by atoms with Gasteiger partial charge in [0.15, 0.2) is 0 Å². The van der Waals surface area contributed by atoms with Crippen LogP contribution in [0.25, 0.3) is 38.4 Å². The quantitative estimate of drug-likeness (QED) is 0.325. The highest BCUT2D eigenvalue weighted by atomic mass is 15.2. The van der Waals surface area contributed by atoms with Crippen molar-refractivity contribution in [2.24, 2.45) is 10.7 Å². The third kappa shape index (κ3) is 2.74. The summed E-state index contributed by atoms with van der Waals surface area (Å²) >= 11 is 0. The molecule has 0 radical (unpaired) electrons. The first-order valence-corrected chi connectivity index (χ1v) is 10.3. The molecule has 31 heavy (non-hydrogen) atoms. The van der Waals surface area contributed by atoms with Crippen LogP contribution in [0.5, 0.6) is 0 Å². The maximum Gasteiger partial charge on any atom is 0.203 e. The fourth-order valence-electron chi connectivity index (χ4n) is 4.44. The van der Waals surface area contributed by atoms with Crippen LogP contribution in [-0.4, -0.2) is 21.3 Å². The summed E-state index contributed by atoms with van der Waals surface area (Å²) in [5.41, 5.74) is 11.0. The molecule has 1 unspecified atom stereocenters. The van der Waals surface area contributed by atoms with Gasteiger partial charge >= 0.3 is 0 Å². The molecule has 0 saturated heterocycles. The predicted octanol–water partition coefficient (Wildman–Crippen LogP) is 4.90. The molecule has 0 aliphatic carbocycles. The summed E-state index contributed by atoms with van der Waals surface area (Å²) in [7, 11) is 0. The summed E-state index contributed by atoms with van der Waals surface area (Å²) in [5, 5.41) is 6.69. The first-order chi connectivity index (χ1) is 15.3. The van der Waals surface area contributed by atoms with Gasteiger partial charge in [0.05, 0.1) is 16.6 Å².